The van der Waals surface area contributed by atoms with Crippen LogP contribution in [0.1, 0.15) is 5.56 Å². The van der Waals surface area contributed by atoms with Gasteiger partial charge in [0.15, 0.2) is 0 Å². The molecule has 0 fully saturated rings. The Labute approximate surface area is 137 Å². The minimum Gasteiger partial charge on any atom is -0.438 e. The van der Waals surface area contributed by atoms with Gasteiger partial charge in [-0.15, -0.1) is 0 Å². The van der Waals surface area contributed by atoms with Crippen molar-refractivity contribution in [2.24, 2.45) is 5.73 Å². The first-order valence-corrected chi connectivity index (χ1v) is 7.10. The normalized spacial score (nSPS) is 11.2. The van der Waals surface area contributed by atoms with Crippen LogP contribution in [0.15, 0.2) is 54.6 Å². The third-order valence-corrected chi connectivity index (χ3v) is 3.36. The van der Waals surface area contributed by atoms with Gasteiger partial charge in [0.1, 0.15) is 17.7 Å². The molecule has 7 nitrogen and oxygen atoms in total. The Bertz CT molecular complexity index is 954. The number of allylic oxidation sites excluding steroid dienone is 1. The Balaban J connectivity index is 1.98. The van der Waals surface area contributed by atoms with Crippen molar-refractivity contribution < 1.29 is 9.53 Å². The van der Waals surface area contributed by atoms with Crippen LogP contribution in [0.4, 0.5) is 0 Å². The van der Waals surface area contributed by atoms with Crippen LogP contribution in [0.2, 0.25) is 0 Å². The van der Waals surface area contributed by atoms with E-state index in [0.717, 1.165) is 5.56 Å². The number of carbonyl (C=O) groups excluding carboxylic acids is 1. The number of aromatic nitrogens is 3. The molecule has 0 saturated heterocycles. The summed E-state index contributed by atoms with van der Waals surface area (Å²) < 4.78 is 5.83. The molecule has 3 aromatic rings. The second-order valence-corrected chi connectivity index (χ2v) is 4.90. The summed E-state index contributed by atoms with van der Waals surface area (Å²) in [5.74, 6) is 0.306. The molecule has 1 aromatic carbocycles. The van der Waals surface area contributed by atoms with Crippen LogP contribution in [-0.2, 0) is 11.2 Å². The van der Waals surface area contributed by atoms with Crippen molar-refractivity contribution in [3.05, 3.63) is 71.6 Å². The molecule has 0 radical (unpaired) electrons. The molecule has 3 N–H and O–H groups in total. The van der Waals surface area contributed by atoms with Crippen molar-refractivity contribution in [1.29, 1.82) is 0 Å². The van der Waals surface area contributed by atoms with E-state index in [0.29, 0.717) is 29.1 Å². The van der Waals surface area contributed by atoms with E-state index in [2.05, 4.69) is 19.8 Å². The van der Waals surface area contributed by atoms with Crippen LogP contribution in [-0.4, -0.2) is 20.9 Å². The fourth-order valence-corrected chi connectivity index (χ4v) is 2.24. The van der Waals surface area contributed by atoms with Crippen LogP contribution in [0.25, 0.3) is 15.9 Å². The predicted molar refractivity (Wildman–Crippen MR) is 88.0 cm³/mol. The third kappa shape index (κ3) is 3.08. The summed E-state index contributed by atoms with van der Waals surface area (Å²) in [5.41, 5.74) is 6.47. The van der Waals surface area contributed by atoms with E-state index in [1.54, 1.807) is 6.20 Å². The number of carbonyl (C=O) groups is 1. The van der Waals surface area contributed by atoms with E-state index >= 15 is 0 Å². The summed E-state index contributed by atoms with van der Waals surface area (Å²) in [5, 5.41) is 0.700. The van der Waals surface area contributed by atoms with Crippen LogP contribution in [0.3, 0.4) is 0 Å². The summed E-state index contributed by atoms with van der Waals surface area (Å²) in [7, 11) is 0. The van der Waals surface area contributed by atoms with Gasteiger partial charge in [-0.1, -0.05) is 24.3 Å². The fraction of sp³-hybridized carbons (Fsp3) is 0.0588. The molecule has 0 bridgehead atoms. The number of hydrogen-bond acceptors (Lipinski definition) is 4. The molecule has 0 unspecified atom stereocenters. The van der Waals surface area contributed by atoms with E-state index in [1.807, 2.05) is 30.3 Å². The number of ether oxygens (including phenoxy) is 1. The van der Waals surface area contributed by atoms with Gasteiger partial charge in [0.2, 0.25) is 17.5 Å². The lowest BCUT2D eigenvalue weighted by atomic mass is 10.1. The van der Waals surface area contributed by atoms with Gasteiger partial charge >= 0.3 is 0 Å². The molecule has 24 heavy (non-hydrogen) atoms. The number of H-pyrrole nitrogens is 1. The van der Waals surface area contributed by atoms with Crippen LogP contribution < -0.4 is 10.5 Å². The molecule has 118 valence electrons. The zero-order chi connectivity index (χ0) is 16.9. The average Bonchev–Trinajstić information content (AvgIpc) is 3.00. The van der Waals surface area contributed by atoms with Crippen molar-refractivity contribution >= 4 is 16.9 Å². The predicted octanol–water partition coefficient (Wildman–Crippen LogP) is 2.58. The quantitative estimate of drug-likeness (QED) is 0.558. The Morgan fingerprint density at radius 2 is 2.12 bits per heavy atom. The Kier molecular flexibility index (Phi) is 4.21. The minimum absolute atomic E-state index is 0.105. The molecular formula is C17H13N5O2. The van der Waals surface area contributed by atoms with Crippen molar-refractivity contribution in [3.63, 3.8) is 0 Å². The van der Waals surface area contributed by atoms with Gasteiger partial charge in [-0.05, 0) is 24.1 Å². The third-order valence-electron chi connectivity index (χ3n) is 3.36. The highest BCUT2D eigenvalue weighted by molar-refractivity contribution is 5.94. The molecule has 2 aromatic heterocycles. The highest BCUT2D eigenvalue weighted by Gasteiger charge is 2.13. The average molecular weight is 319 g/mol. The maximum Gasteiger partial charge on any atom is 0.247 e. The van der Waals surface area contributed by atoms with Crippen LogP contribution >= 0.6 is 0 Å². The van der Waals surface area contributed by atoms with Gasteiger partial charge in [-0.2, -0.15) is 0 Å². The maximum absolute atomic E-state index is 11.1. The number of nitrogens with zero attached hydrogens (tertiary/aromatic N) is 3. The number of hydrogen-bond donors (Lipinski definition) is 2. The Hall–Kier alpha value is -3.66. The zero-order valence-electron chi connectivity index (χ0n) is 12.6. The molecular weight excluding hydrogens is 306 g/mol. The standard InChI is InChI=1S/C17H13N5O2/c1-19-13(15(18)23)8-7-11-9-20-16-14(11)17(22-10-21-16)24-12-5-3-2-4-6-12/h2-6,8-10H,7H2,(H2,18,23)(H,20,21,22)/b13-8-. The van der Waals surface area contributed by atoms with Gasteiger partial charge in [0.05, 0.1) is 12.0 Å². The largest absolute Gasteiger partial charge is 0.438 e. The zero-order valence-corrected chi connectivity index (χ0v) is 12.6. The van der Waals surface area contributed by atoms with Gasteiger partial charge < -0.3 is 15.5 Å². The molecule has 1 amide bonds. The molecule has 0 spiro atoms. The number of nitrogens with one attached hydrogen (secondary N) is 1. The number of benzene rings is 1. The maximum atomic E-state index is 11.1. The smallest absolute Gasteiger partial charge is 0.247 e. The summed E-state index contributed by atoms with van der Waals surface area (Å²) in [6.07, 6.45) is 4.97. The van der Waals surface area contributed by atoms with Gasteiger partial charge in [-0.3, -0.25) is 4.79 Å². The van der Waals surface area contributed by atoms with E-state index < -0.39 is 5.91 Å². The van der Waals surface area contributed by atoms with Crippen LogP contribution in [0.5, 0.6) is 11.6 Å². The second kappa shape index (κ2) is 6.62. The summed E-state index contributed by atoms with van der Waals surface area (Å²) in [6, 6.07) is 9.27. The van der Waals surface area contributed by atoms with Crippen molar-refractivity contribution in [2.75, 3.05) is 0 Å². The Morgan fingerprint density at radius 3 is 2.83 bits per heavy atom. The van der Waals surface area contributed by atoms with Crippen molar-refractivity contribution in [2.45, 2.75) is 6.42 Å². The lowest BCUT2D eigenvalue weighted by molar-refractivity contribution is -0.114. The molecule has 3 rings (SSSR count). The van der Waals surface area contributed by atoms with Crippen molar-refractivity contribution in [3.8, 4) is 11.6 Å². The van der Waals surface area contributed by atoms with Gasteiger partial charge in [-0.25, -0.2) is 14.8 Å². The second-order valence-electron chi connectivity index (χ2n) is 4.90. The fourth-order valence-electron chi connectivity index (χ4n) is 2.24. The molecule has 0 saturated carbocycles. The van der Waals surface area contributed by atoms with E-state index in [4.69, 9.17) is 17.0 Å². The number of para-hydroxylation sites is 1. The monoisotopic (exact) mass is 319 g/mol. The minimum atomic E-state index is -0.748. The van der Waals surface area contributed by atoms with E-state index in [-0.39, 0.29) is 5.70 Å². The van der Waals surface area contributed by atoms with Gasteiger partial charge in [0.25, 0.3) is 0 Å². The van der Waals surface area contributed by atoms with E-state index in [9.17, 15) is 4.79 Å². The first-order valence-electron chi connectivity index (χ1n) is 7.10. The SMILES string of the molecule is [C-]#[N+]/C(=C\Cc1c[nH]c2ncnc(Oc3ccccc3)c12)C(N)=O. The van der Waals surface area contributed by atoms with Crippen LogP contribution in [0, 0.1) is 6.57 Å². The summed E-state index contributed by atoms with van der Waals surface area (Å²) >= 11 is 0. The first-order chi connectivity index (χ1) is 11.7. The lowest BCUT2D eigenvalue weighted by Crippen LogP contribution is -2.11. The summed E-state index contributed by atoms with van der Waals surface area (Å²) in [4.78, 5) is 25.7. The number of rotatable bonds is 5. The molecule has 0 aliphatic carbocycles. The molecule has 0 atom stereocenters. The number of aromatic amines is 1. The first kappa shape index (κ1) is 15.2. The van der Waals surface area contributed by atoms with E-state index in [1.165, 1.54) is 12.4 Å². The number of amides is 1. The van der Waals surface area contributed by atoms with Crippen molar-refractivity contribution in [1.82, 2.24) is 15.0 Å². The number of nitrogens with two attached hydrogens (primary N) is 1. The number of primary amides is 1. The topological polar surface area (TPSA) is 98.2 Å². The highest BCUT2D eigenvalue weighted by Crippen LogP contribution is 2.29. The van der Waals surface area contributed by atoms with Gasteiger partial charge in [0, 0.05) is 6.20 Å². The highest BCUT2D eigenvalue weighted by atomic mass is 16.5. The molecule has 0 aliphatic rings. The molecule has 0 aliphatic heterocycles. The number of fused-ring (bicyclic) bond motifs is 1. The molecule has 7 heteroatoms. The lowest BCUT2D eigenvalue weighted by Gasteiger charge is -2.06. The molecule has 2 heterocycles. The Morgan fingerprint density at radius 1 is 1.33 bits per heavy atom. The summed E-state index contributed by atoms with van der Waals surface area (Å²) in [6.45, 7) is 6.97.